The van der Waals surface area contributed by atoms with Gasteiger partial charge in [-0.2, -0.15) is 0 Å². The summed E-state index contributed by atoms with van der Waals surface area (Å²) < 4.78 is 0. The molecule has 1 N–H and O–H groups in total. The molecule has 3 heteroatoms. The van der Waals surface area contributed by atoms with E-state index in [1.54, 1.807) is 11.3 Å². The zero-order valence-electron chi connectivity index (χ0n) is 13.3. The van der Waals surface area contributed by atoms with Gasteiger partial charge in [-0.1, -0.05) is 20.8 Å². The van der Waals surface area contributed by atoms with Gasteiger partial charge in [0.2, 0.25) is 0 Å². The van der Waals surface area contributed by atoms with Gasteiger partial charge in [0.05, 0.1) is 5.01 Å². The molecule has 20 heavy (non-hydrogen) atoms. The molecule has 0 radical (unpaired) electrons. The van der Waals surface area contributed by atoms with E-state index in [4.69, 9.17) is 0 Å². The molecule has 0 bridgehead atoms. The van der Waals surface area contributed by atoms with Gasteiger partial charge in [0, 0.05) is 24.0 Å². The van der Waals surface area contributed by atoms with Crippen molar-refractivity contribution in [2.45, 2.75) is 65.3 Å². The SMILES string of the molecule is CCCNC(Cc1nccs1)C1CCC(C(C)C)CC1. The molecule has 1 aromatic heterocycles. The number of hydrogen-bond acceptors (Lipinski definition) is 3. The highest BCUT2D eigenvalue weighted by atomic mass is 32.1. The number of nitrogens with one attached hydrogen (secondary N) is 1. The summed E-state index contributed by atoms with van der Waals surface area (Å²) in [5.74, 6) is 2.66. The maximum atomic E-state index is 4.48. The first-order chi connectivity index (χ1) is 9.70. The summed E-state index contributed by atoms with van der Waals surface area (Å²) in [4.78, 5) is 4.48. The van der Waals surface area contributed by atoms with Crippen LogP contribution in [0.15, 0.2) is 11.6 Å². The van der Waals surface area contributed by atoms with Crippen LogP contribution in [0, 0.1) is 17.8 Å². The van der Waals surface area contributed by atoms with Crippen LogP contribution in [0.4, 0.5) is 0 Å². The smallest absolute Gasteiger partial charge is 0.0940 e. The van der Waals surface area contributed by atoms with Crippen LogP contribution in [0.5, 0.6) is 0 Å². The van der Waals surface area contributed by atoms with Crippen molar-refractivity contribution in [1.29, 1.82) is 0 Å². The van der Waals surface area contributed by atoms with Gasteiger partial charge in [-0.3, -0.25) is 0 Å². The predicted octanol–water partition coefficient (Wildman–Crippen LogP) is 4.52. The van der Waals surface area contributed by atoms with Gasteiger partial charge in [-0.25, -0.2) is 4.98 Å². The quantitative estimate of drug-likeness (QED) is 0.800. The molecule has 2 nitrogen and oxygen atoms in total. The fourth-order valence-corrected chi connectivity index (χ4v) is 4.17. The van der Waals surface area contributed by atoms with E-state index >= 15 is 0 Å². The van der Waals surface area contributed by atoms with E-state index in [0.29, 0.717) is 6.04 Å². The van der Waals surface area contributed by atoms with E-state index in [0.717, 1.165) is 30.7 Å². The molecule has 0 saturated heterocycles. The molecule has 1 unspecified atom stereocenters. The Hall–Kier alpha value is -0.410. The van der Waals surface area contributed by atoms with Gasteiger partial charge in [-0.05, 0) is 56.4 Å². The molecule has 0 aliphatic heterocycles. The molecule has 114 valence electrons. The summed E-state index contributed by atoms with van der Waals surface area (Å²) in [5.41, 5.74) is 0. The van der Waals surface area contributed by atoms with E-state index in [2.05, 4.69) is 36.5 Å². The van der Waals surface area contributed by atoms with Crippen molar-refractivity contribution in [2.24, 2.45) is 17.8 Å². The number of nitrogens with zero attached hydrogens (tertiary/aromatic N) is 1. The van der Waals surface area contributed by atoms with Crippen LogP contribution in [0.1, 0.15) is 57.9 Å². The molecule has 0 aromatic carbocycles. The van der Waals surface area contributed by atoms with E-state index in [9.17, 15) is 0 Å². The minimum absolute atomic E-state index is 0.634. The molecule has 1 saturated carbocycles. The summed E-state index contributed by atoms with van der Waals surface area (Å²) in [6.45, 7) is 8.16. The van der Waals surface area contributed by atoms with Gasteiger partial charge in [0.1, 0.15) is 0 Å². The molecule has 1 atom stereocenters. The second-order valence-corrected chi connectivity index (χ2v) is 7.59. The van der Waals surface area contributed by atoms with Crippen LogP contribution < -0.4 is 5.32 Å². The highest BCUT2D eigenvalue weighted by Crippen LogP contribution is 2.35. The van der Waals surface area contributed by atoms with Crippen molar-refractivity contribution >= 4 is 11.3 Å². The Bertz CT molecular complexity index is 353. The largest absolute Gasteiger partial charge is 0.313 e. The van der Waals surface area contributed by atoms with Gasteiger partial charge in [0.25, 0.3) is 0 Å². The van der Waals surface area contributed by atoms with Crippen LogP contribution in [0.25, 0.3) is 0 Å². The third-order valence-corrected chi connectivity index (χ3v) is 5.66. The average Bonchev–Trinajstić information content (AvgIpc) is 2.96. The molecule has 1 aliphatic rings. The lowest BCUT2D eigenvalue weighted by Gasteiger charge is -2.35. The molecular weight excluding hydrogens is 264 g/mol. The first-order valence-electron chi connectivity index (χ1n) is 8.32. The van der Waals surface area contributed by atoms with Gasteiger partial charge < -0.3 is 5.32 Å². The van der Waals surface area contributed by atoms with Gasteiger partial charge in [-0.15, -0.1) is 11.3 Å². The number of aromatic nitrogens is 1. The van der Waals surface area contributed by atoms with Crippen LogP contribution in [0.3, 0.4) is 0 Å². The molecule has 1 heterocycles. The zero-order valence-corrected chi connectivity index (χ0v) is 14.1. The molecule has 1 aliphatic carbocycles. The first-order valence-corrected chi connectivity index (χ1v) is 9.20. The monoisotopic (exact) mass is 294 g/mol. The van der Waals surface area contributed by atoms with Crippen molar-refractivity contribution in [3.8, 4) is 0 Å². The Morgan fingerprint density at radius 2 is 1.95 bits per heavy atom. The first kappa shape index (κ1) is 16.0. The van der Waals surface area contributed by atoms with Crippen molar-refractivity contribution in [3.05, 3.63) is 16.6 Å². The van der Waals surface area contributed by atoms with Gasteiger partial charge in [0.15, 0.2) is 0 Å². The van der Waals surface area contributed by atoms with Crippen molar-refractivity contribution < 1.29 is 0 Å². The van der Waals surface area contributed by atoms with Crippen LogP contribution in [0.2, 0.25) is 0 Å². The van der Waals surface area contributed by atoms with Gasteiger partial charge >= 0.3 is 0 Å². The molecule has 0 amide bonds. The molecule has 0 spiro atoms. The Labute approximate surface area is 128 Å². The normalized spacial score (nSPS) is 25.0. The van der Waals surface area contributed by atoms with Crippen molar-refractivity contribution in [2.75, 3.05) is 6.54 Å². The van der Waals surface area contributed by atoms with E-state index in [1.807, 2.05) is 6.20 Å². The van der Waals surface area contributed by atoms with Crippen LogP contribution in [-0.4, -0.2) is 17.6 Å². The molecule has 1 fully saturated rings. The zero-order chi connectivity index (χ0) is 14.4. The lowest BCUT2D eigenvalue weighted by Crippen LogP contribution is -2.40. The Balaban J connectivity index is 1.90. The third-order valence-electron chi connectivity index (χ3n) is 4.86. The minimum Gasteiger partial charge on any atom is -0.313 e. The van der Waals surface area contributed by atoms with Crippen LogP contribution in [-0.2, 0) is 6.42 Å². The Kier molecular flexibility index (Phi) is 6.50. The maximum absolute atomic E-state index is 4.48. The van der Waals surface area contributed by atoms with E-state index < -0.39 is 0 Å². The number of hydrogen-bond donors (Lipinski definition) is 1. The standard InChI is InChI=1S/C17H30N2S/c1-4-9-18-16(12-17-19-10-11-20-17)15-7-5-14(6-8-15)13(2)3/h10-11,13-16,18H,4-9,12H2,1-3H3. The predicted molar refractivity (Wildman–Crippen MR) is 88.2 cm³/mol. The number of thiazole rings is 1. The Morgan fingerprint density at radius 3 is 2.50 bits per heavy atom. The maximum Gasteiger partial charge on any atom is 0.0940 e. The van der Waals surface area contributed by atoms with E-state index in [1.165, 1.54) is 37.1 Å². The summed E-state index contributed by atoms with van der Waals surface area (Å²) in [6.07, 6.45) is 9.91. The molecule has 2 rings (SSSR count). The van der Waals surface area contributed by atoms with Crippen molar-refractivity contribution in [3.63, 3.8) is 0 Å². The summed E-state index contributed by atoms with van der Waals surface area (Å²) in [5, 5.41) is 7.18. The lowest BCUT2D eigenvalue weighted by atomic mass is 9.74. The van der Waals surface area contributed by atoms with Crippen LogP contribution >= 0.6 is 11.3 Å². The van der Waals surface area contributed by atoms with Crippen molar-refractivity contribution in [1.82, 2.24) is 10.3 Å². The Morgan fingerprint density at radius 1 is 1.25 bits per heavy atom. The average molecular weight is 295 g/mol. The molecule has 1 aromatic rings. The van der Waals surface area contributed by atoms with E-state index in [-0.39, 0.29) is 0 Å². The second-order valence-electron chi connectivity index (χ2n) is 6.61. The lowest BCUT2D eigenvalue weighted by molar-refractivity contribution is 0.187. The third kappa shape index (κ3) is 4.56. The summed E-state index contributed by atoms with van der Waals surface area (Å²) in [7, 11) is 0. The summed E-state index contributed by atoms with van der Waals surface area (Å²) in [6, 6.07) is 0.634. The highest BCUT2D eigenvalue weighted by Gasteiger charge is 2.28. The topological polar surface area (TPSA) is 24.9 Å². The number of rotatable bonds is 7. The second kappa shape index (κ2) is 8.14. The highest BCUT2D eigenvalue weighted by molar-refractivity contribution is 7.09. The fourth-order valence-electron chi connectivity index (χ4n) is 3.49. The fraction of sp³-hybridized carbons (Fsp3) is 0.824. The minimum atomic E-state index is 0.634. The molecular formula is C17H30N2S. The summed E-state index contributed by atoms with van der Waals surface area (Å²) >= 11 is 1.80.